The molecule has 1 unspecified atom stereocenters. The lowest BCUT2D eigenvalue weighted by molar-refractivity contribution is 0.555. The number of rotatable bonds is 5. The summed E-state index contributed by atoms with van der Waals surface area (Å²) in [6.07, 6.45) is 0. The van der Waals surface area contributed by atoms with E-state index in [0.717, 1.165) is 11.6 Å². The summed E-state index contributed by atoms with van der Waals surface area (Å²) in [4.78, 5) is 0. The second kappa shape index (κ2) is 5.03. The molecule has 0 amide bonds. The monoisotopic (exact) mass is 297 g/mol. The van der Waals surface area contributed by atoms with E-state index in [0.29, 0.717) is 12.3 Å². The van der Waals surface area contributed by atoms with Gasteiger partial charge in [0.25, 0.3) is 0 Å². The first-order chi connectivity index (χ1) is 8.69. The van der Waals surface area contributed by atoms with Crippen LogP contribution in [-0.2, 0) is 10.0 Å². The summed E-state index contributed by atoms with van der Waals surface area (Å²) >= 11 is 0. The van der Waals surface area contributed by atoms with E-state index >= 15 is 0 Å². The second-order valence-corrected chi connectivity index (χ2v) is 14.3. The van der Waals surface area contributed by atoms with Gasteiger partial charge in [-0.3, -0.25) is 0 Å². The van der Waals surface area contributed by atoms with E-state index < -0.39 is 18.1 Å². The highest BCUT2D eigenvalue weighted by molar-refractivity contribution is 7.89. The third-order valence-corrected chi connectivity index (χ3v) is 7.45. The van der Waals surface area contributed by atoms with Crippen LogP contribution in [0.4, 0.5) is 0 Å². The minimum Gasteiger partial charge on any atom is -0.212 e. The van der Waals surface area contributed by atoms with E-state index in [1.54, 1.807) is 4.31 Å². The van der Waals surface area contributed by atoms with Gasteiger partial charge in [0.2, 0.25) is 10.0 Å². The van der Waals surface area contributed by atoms with Gasteiger partial charge in [0, 0.05) is 14.6 Å². The van der Waals surface area contributed by atoms with Crippen molar-refractivity contribution in [2.45, 2.75) is 38.7 Å². The van der Waals surface area contributed by atoms with Gasteiger partial charge in [-0.15, -0.1) is 0 Å². The lowest BCUT2D eigenvalue weighted by atomic mass is 10.1. The van der Waals surface area contributed by atoms with Crippen LogP contribution in [0.1, 0.15) is 17.2 Å². The molecule has 3 nitrogen and oxygen atoms in total. The molecule has 2 atom stereocenters. The molecule has 5 heteroatoms. The van der Waals surface area contributed by atoms with Crippen LogP contribution in [0.15, 0.2) is 24.3 Å². The van der Waals surface area contributed by atoms with Crippen molar-refractivity contribution < 1.29 is 8.42 Å². The molecule has 1 saturated heterocycles. The van der Waals surface area contributed by atoms with E-state index in [1.807, 2.05) is 31.2 Å². The van der Waals surface area contributed by atoms with Crippen LogP contribution >= 0.6 is 0 Å². The van der Waals surface area contributed by atoms with Crippen LogP contribution < -0.4 is 0 Å². The van der Waals surface area contributed by atoms with Gasteiger partial charge in [-0.2, -0.15) is 4.31 Å². The molecular weight excluding hydrogens is 274 g/mol. The molecule has 19 heavy (non-hydrogen) atoms. The average molecular weight is 297 g/mol. The van der Waals surface area contributed by atoms with Gasteiger partial charge in [0.15, 0.2) is 0 Å². The summed E-state index contributed by atoms with van der Waals surface area (Å²) in [6.45, 7) is 9.32. The van der Waals surface area contributed by atoms with Gasteiger partial charge in [-0.1, -0.05) is 49.5 Å². The van der Waals surface area contributed by atoms with Crippen LogP contribution in [0.3, 0.4) is 0 Å². The van der Waals surface area contributed by atoms with E-state index in [4.69, 9.17) is 0 Å². The summed E-state index contributed by atoms with van der Waals surface area (Å²) in [5.41, 5.74) is 2.32. The molecule has 0 N–H and O–H groups in total. The van der Waals surface area contributed by atoms with Gasteiger partial charge >= 0.3 is 0 Å². The van der Waals surface area contributed by atoms with Crippen molar-refractivity contribution in [3.63, 3.8) is 0 Å². The second-order valence-electron chi connectivity index (χ2n) is 6.62. The first-order valence-corrected chi connectivity index (χ1v) is 12.1. The maximum Gasteiger partial charge on any atom is 0.214 e. The Morgan fingerprint density at radius 3 is 2.32 bits per heavy atom. The fourth-order valence-electron chi connectivity index (χ4n) is 2.04. The Morgan fingerprint density at radius 2 is 1.79 bits per heavy atom. The van der Waals surface area contributed by atoms with E-state index in [-0.39, 0.29) is 6.04 Å². The molecule has 0 saturated carbocycles. The number of aryl methyl sites for hydroxylation is 1. The normalized spacial score (nSPS) is 23.4. The maximum absolute atomic E-state index is 12.2. The molecular formula is C14H23NO2SSi. The Hall–Kier alpha value is -0.653. The number of hydrogen-bond acceptors (Lipinski definition) is 2. The van der Waals surface area contributed by atoms with Gasteiger partial charge < -0.3 is 0 Å². The fraction of sp³-hybridized carbons (Fsp3) is 0.571. The molecule has 0 bridgehead atoms. The first kappa shape index (κ1) is 14.7. The lowest BCUT2D eigenvalue weighted by Crippen LogP contribution is -2.26. The summed E-state index contributed by atoms with van der Waals surface area (Å²) in [6, 6.07) is 9.07. The highest BCUT2D eigenvalue weighted by Crippen LogP contribution is 2.38. The summed E-state index contributed by atoms with van der Waals surface area (Å²) < 4.78 is 26.1. The van der Waals surface area contributed by atoms with E-state index in [2.05, 4.69) is 19.6 Å². The number of sulfonamides is 1. The predicted molar refractivity (Wildman–Crippen MR) is 82.6 cm³/mol. The number of nitrogens with zero attached hydrogens (tertiary/aromatic N) is 1. The van der Waals surface area contributed by atoms with Gasteiger partial charge in [0.1, 0.15) is 0 Å². The van der Waals surface area contributed by atoms with Crippen LogP contribution in [0.2, 0.25) is 25.7 Å². The molecule has 1 fully saturated rings. The standard InChI is InChI=1S/C14H23NO2SSi/c1-12-5-7-13(8-6-12)14-11-15(14)18(16,17)9-10-19(2,3)4/h5-8,14H,9-11H2,1-4H3/t14-,15?/m0/s1. The SMILES string of the molecule is Cc1ccc([C@@H]2CN2S(=O)(=O)CC[Si](C)(C)C)cc1. The van der Waals surface area contributed by atoms with E-state index in [9.17, 15) is 8.42 Å². The first-order valence-electron chi connectivity index (χ1n) is 6.75. The third-order valence-electron chi connectivity index (χ3n) is 3.50. The molecule has 0 spiro atoms. The Labute approximate surface area is 117 Å². The fourth-order valence-corrected chi connectivity index (χ4v) is 6.64. The maximum atomic E-state index is 12.2. The minimum absolute atomic E-state index is 0.0761. The Morgan fingerprint density at radius 1 is 1.21 bits per heavy atom. The molecule has 1 aromatic carbocycles. The van der Waals surface area contributed by atoms with Crippen molar-refractivity contribution in [2.75, 3.05) is 12.3 Å². The van der Waals surface area contributed by atoms with E-state index in [1.165, 1.54) is 5.56 Å². The quantitative estimate of drug-likeness (QED) is 0.619. The molecule has 106 valence electrons. The summed E-state index contributed by atoms with van der Waals surface area (Å²) in [5.74, 6) is 0.311. The smallest absolute Gasteiger partial charge is 0.212 e. The van der Waals surface area contributed by atoms with Crippen molar-refractivity contribution in [2.24, 2.45) is 0 Å². The zero-order chi connectivity index (χ0) is 14.3. The molecule has 1 heterocycles. The Bertz CT molecular complexity index is 546. The van der Waals surface area contributed by atoms with Crippen molar-refractivity contribution >= 4 is 18.1 Å². The summed E-state index contributed by atoms with van der Waals surface area (Å²) in [5, 5.41) is 0. The topological polar surface area (TPSA) is 37.1 Å². The molecule has 1 aliphatic rings. The molecule has 1 aliphatic heterocycles. The predicted octanol–water partition coefficient (Wildman–Crippen LogP) is 3.02. The Kier molecular flexibility index (Phi) is 3.91. The van der Waals surface area contributed by atoms with Crippen LogP contribution in [-0.4, -0.2) is 33.1 Å². The molecule has 0 aromatic heterocycles. The van der Waals surface area contributed by atoms with Crippen molar-refractivity contribution in [3.8, 4) is 0 Å². The highest BCUT2D eigenvalue weighted by Gasteiger charge is 2.44. The van der Waals surface area contributed by atoms with Gasteiger partial charge in [0.05, 0.1) is 11.8 Å². The third kappa shape index (κ3) is 3.90. The molecule has 2 rings (SSSR count). The van der Waals surface area contributed by atoms with Gasteiger partial charge in [-0.05, 0) is 18.5 Å². The van der Waals surface area contributed by atoms with Crippen molar-refractivity contribution in [3.05, 3.63) is 35.4 Å². The number of benzene rings is 1. The minimum atomic E-state index is -3.06. The number of hydrogen-bond donors (Lipinski definition) is 0. The molecule has 1 aromatic rings. The molecule has 0 radical (unpaired) electrons. The Balaban J connectivity index is 2.00. The van der Waals surface area contributed by atoms with Gasteiger partial charge in [-0.25, -0.2) is 8.42 Å². The zero-order valence-electron chi connectivity index (χ0n) is 12.2. The highest BCUT2D eigenvalue weighted by atomic mass is 32.2. The van der Waals surface area contributed by atoms with Crippen LogP contribution in [0.25, 0.3) is 0 Å². The van der Waals surface area contributed by atoms with Crippen LogP contribution in [0, 0.1) is 6.92 Å². The largest absolute Gasteiger partial charge is 0.214 e. The zero-order valence-corrected chi connectivity index (χ0v) is 14.0. The summed E-state index contributed by atoms with van der Waals surface area (Å²) in [7, 11) is -4.36. The lowest BCUT2D eigenvalue weighted by Gasteiger charge is -2.15. The van der Waals surface area contributed by atoms with Crippen LogP contribution in [0.5, 0.6) is 0 Å². The van der Waals surface area contributed by atoms with Crippen molar-refractivity contribution in [1.82, 2.24) is 4.31 Å². The van der Waals surface area contributed by atoms with Crippen molar-refractivity contribution in [1.29, 1.82) is 0 Å². The molecule has 0 aliphatic carbocycles. The average Bonchev–Trinajstić information content (AvgIpc) is 3.07.